The van der Waals surface area contributed by atoms with Crippen molar-refractivity contribution in [2.45, 2.75) is 13.0 Å². The van der Waals surface area contributed by atoms with Crippen molar-refractivity contribution < 1.29 is 22.8 Å². The van der Waals surface area contributed by atoms with Gasteiger partial charge in [0.05, 0.1) is 18.3 Å². The number of nitrogens with zero attached hydrogens (tertiary/aromatic N) is 1. The molecule has 3 aromatic rings. The minimum absolute atomic E-state index is 0.188. The number of hydrogen-bond donors (Lipinski definition) is 2. The summed E-state index contributed by atoms with van der Waals surface area (Å²) in [6.07, 6.45) is 1.62. The zero-order valence-electron chi connectivity index (χ0n) is 15.2. The molecule has 0 saturated carbocycles. The first-order valence-electron chi connectivity index (χ1n) is 8.53. The van der Waals surface area contributed by atoms with Gasteiger partial charge in [-0.3, -0.25) is 14.5 Å². The van der Waals surface area contributed by atoms with Crippen LogP contribution in [0.4, 0.5) is 18.9 Å². The van der Waals surface area contributed by atoms with Crippen molar-refractivity contribution in [1.82, 2.24) is 9.88 Å². The second-order valence-corrected chi connectivity index (χ2v) is 6.47. The third-order valence-corrected chi connectivity index (χ3v) is 4.60. The van der Waals surface area contributed by atoms with Crippen LogP contribution in [0, 0.1) is 17.5 Å². The third kappa shape index (κ3) is 3.77. The summed E-state index contributed by atoms with van der Waals surface area (Å²) in [4.78, 5) is 29.4. The summed E-state index contributed by atoms with van der Waals surface area (Å²) in [5, 5.41) is 2.97. The number of amides is 1. The number of anilines is 1. The number of carbonyl (C=O) groups excluding carboxylic acids is 2. The van der Waals surface area contributed by atoms with Crippen LogP contribution in [-0.4, -0.2) is 41.2 Å². The first-order valence-corrected chi connectivity index (χ1v) is 8.53. The topological polar surface area (TPSA) is 65.2 Å². The van der Waals surface area contributed by atoms with Crippen LogP contribution in [0.15, 0.2) is 42.6 Å². The lowest BCUT2D eigenvalue weighted by atomic mass is 10.0. The van der Waals surface area contributed by atoms with Gasteiger partial charge >= 0.3 is 0 Å². The van der Waals surface area contributed by atoms with Gasteiger partial charge in [0.1, 0.15) is 0 Å². The van der Waals surface area contributed by atoms with E-state index in [4.69, 9.17) is 0 Å². The quantitative estimate of drug-likeness (QED) is 0.499. The number of aromatic amines is 1. The Balaban J connectivity index is 1.68. The molecule has 8 heteroatoms. The molecule has 1 heterocycles. The molecule has 0 unspecified atom stereocenters. The van der Waals surface area contributed by atoms with E-state index < -0.39 is 35.1 Å². The van der Waals surface area contributed by atoms with Crippen molar-refractivity contribution in [3.63, 3.8) is 0 Å². The molecule has 0 saturated heterocycles. The summed E-state index contributed by atoms with van der Waals surface area (Å²) in [6, 6.07) is 8.37. The number of halogens is 3. The minimum Gasteiger partial charge on any atom is -0.360 e. The second-order valence-electron chi connectivity index (χ2n) is 6.47. The van der Waals surface area contributed by atoms with Gasteiger partial charge in [-0.15, -0.1) is 0 Å². The highest BCUT2D eigenvalue weighted by Crippen LogP contribution is 2.21. The van der Waals surface area contributed by atoms with Gasteiger partial charge in [-0.2, -0.15) is 0 Å². The number of likely N-dealkylation sites (N-methyl/N-ethyl adjacent to an activating group) is 1. The first kappa shape index (κ1) is 19.6. The first-order chi connectivity index (χ1) is 13.3. The Kier molecular flexibility index (Phi) is 5.51. The standard InChI is InChI=1S/C20H18F3N3O2/c1-11(20(28)13-9-24-15-6-4-3-5-12(13)15)26(2)10-17(27)25-16-8-7-14(21)18(22)19(16)23/h3-9,11,24H,10H2,1-2H3,(H,25,27)/t11-/m1/s1. The fourth-order valence-corrected chi connectivity index (χ4v) is 2.88. The maximum atomic E-state index is 13.7. The summed E-state index contributed by atoms with van der Waals surface area (Å²) in [6.45, 7) is 1.41. The lowest BCUT2D eigenvalue weighted by molar-refractivity contribution is -0.117. The van der Waals surface area contributed by atoms with Crippen molar-refractivity contribution in [2.75, 3.05) is 18.9 Å². The smallest absolute Gasteiger partial charge is 0.238 e. The Morgan fingerprint density at radius 2 is 1.82 bits per heavy atom. The number of para-hydroxylation sites is 1. The number of ketones is 1. The molecule has 1 atom stereocenters. The molecule has 3 rings (SSSR count). The zero-order chi connectivity index (χ0) is 20.4. The largest absolute Gasteiger partial charge is 0.360 e. The van der Waals surface area contributed by atoms with Crippen molar-refractivity contribution in [3.05, 3.63) is 65.6 Å². The van der Waals surface area contributed by atoms with Crippen LogP contribution in [-0.2, 0) is 4.79 Å². The van der Waals surface area contributed by atoms with Crippen molar-refractivity contribution in [1.29, 1.82) is 0 Å². The van der Waals surface area contributed by atoms with E-state index in [0.717, 1.165) is 23.0 Å². The molecule has 28 heavy (non-hydrogen) atoms. The van der Waals surface area contributed by atoms with Crippen LogP contribution in [0.5, 0.6) is 0 Å². The van der Waals surface area contributed by atoms with Crippen LogP contribution in [0.2, 0.25) is 0 Å². The fraction of sp³-hybridized carbons (Fsp3) is 0.200. The van der Waals surface area contributed by atoms with Crippen molar-refractivity contribution >= 4 is 28.3 Å². The molecule has 0 bridgehead atoms. The van der Waals surface area contributed by atoms with Crippen LogP contribution in [0.25, 0.3) is 10.9 Å². The van der Waals surface area contributed by atoms with Crippen molar-refractivity contribution in [3.8, 4) is 0 Å². The number of carbonyl (C=O) groups is 2. The van der Waals surface area contributed by atoms with Gasteiger partial charge in [-0.1, -0.05) is 18.2 Å². The Hall–Kier alpha value is -3.13. The predicted octanol–water partition coefficient (Wildman–Crippen LogP) is 3.73. The molecule has 2 aromatic carbocycles. The average Bonchev–Trinajstić information content (AvgIpc) is 3.11. The van der Waals surface area contributed by atoms with E-state index in [1.807, 2.05) is 24.3 Å². The minimum atomic E-state index is -1.66. The normalized spacial score (nSPS) is 12.4. The van der Waals surface area contributed by atoms with Crippen LogP contribution in [0.1, 0.15) is 17.3 Å². The number of fused-ring (bicyclic) bond motifs is 1. The molecular formula is C20H18F3N3O2. The molecule has 0 spiro atoms. The van der Waals surface area contributed by atoms with Gasteiger partial charge in [-0.05, 0) is 32.2 Å². The maximum Gasteiger partial charge on any atom is 0.238 e. The zero-order valence-corrected chi connectivity index (χ0v) is 15.2. The molecule has 146 valence electrons. The summed E-state index contributed by atoms with van der Waals surface area (Å²) in [5.41, 5.74) is 0.863. The van der Waals surface area contributed by atoms with Gasteiger partial charge in [0.15, 0.2) is 23.2 Å². The monoisotopic (exact) mass is 389 g/mol. The van der Waals surface area contributed by atoms with Crippen LogP contribution in [0.3, 0.4) is 0 Å². The van der Waals surface area contributed by atoms with E-state index in [2.05, 4.69) is 10.3 Å². The molecule has 1 aromatic heterocycles. The Morgan fingerprint density at radius 3 is 2.57 bits per heavy atom. The van der Waals surface area contributed by atoms with Gasteiger partial charge in [0.2, 0.25) is 5.91 Å². The van der Waals surface area contributed by atoms with E-state index in [-0.39, 0.29) is 12.3 Å². The van der Waals surface area contributed by atoms with Gasteiger partial charge in [-0.25, -0.2) is 13.2 Å². The number of benzene rings is 2. The number of H-pyrrole nitrogens is 1. The summed E-state index contributed by atoms with van der Waals surface area (Å²) >= 11 is 0. The van der Waals surface area contributed by atoms with Gasteiger partial charge in [0.25, 0.3) is 0 Å². The lowest BCUT2D eigenvalue weighted by Gasteiger charge is -2.23. The van der Waals surface area contributed by atoms with E-state index >= 15 is 0 Å². The molecule has 0 aliphatic heterocycles. The number of aromatic nitrogens is 1. The van der Waals surface area contributed by atoms with E-state index in [1.165, 1.54) is 4.90 Å². The third-order valence-electron chi connectivity index (χ3n) is 4.60. The van der Waals surface area contributed by atoms with Crippen LogP contribution >= 0.6 is 0 Å². The SMILES string of the molecule is C[C@H](C(=O)c1c[nH]c2ccccc12)N(C)CC(=O)Nc1ccc(F)c(F)c1F. The Labute approximate surface area is 159 Å². The highest BCUT2D eigenvalue weighted by molar-refractivity contribution is 6.10. The highest BCUT2D eigenvalue weighted by Gasteiger charge is 2.24. The maximum absolute atomic E-state index is 13.7. The van der Waals surface area contributed by atoms with Crippen molar-refractivity contribution in [2.24, 2.45) is 0 Å². The molecular weight excluding hydrogens is 371 g/mol. The van der Waals surface area contributed by atoms with E-state index in [9.17, 15) is 22.8 Å². The highest BCUT2D eigenvalue weighted by atomic mass is 19.2. The molecule has 0 fully saturated rings. The molecule has 0 aliphatic carbocycles. The Bertz CT molecular complexity index is 1050. The number of nitrogens with one attached hydrogen (secondary N) is 2. The summed E-state index contributed by atoms with van der Waals surface area (Å²) in [7, 11) is 1.57. The van der Waals surface area contributed by atoms with Gasteiger partial charge in [0, 0.05) is 22.7 Å². The van der Waals surface area contributed by atoms with Gasteiger partial charge < -0.3 is 10.3 Å². The summed E-state index contributed by atoms with van der Waals surface area (Å²) in [5.74, 6) is -5.32. The second kappa shape index (κ2) is 7.85. The number of Topliss-reactive ketones (excluding diaryl/α,β-unsaturated/α-hetero) is 1. The predicted molar refractivity (Wildman–Crippen MR) is 99.7 cm³/mol. The molecule has 0 radical (unpaired) electrons. The van der Waals surface area contributed by atoms with E-state index in [1.54, 1.807) is 20.2 Å². The molecule has 0 aliphatic rings. The van der Waals surface area contributed by atoms with Crippen LogP contribution < -0.4 is 5.32 Å². The lowest BCUT2D eigenvalue weighted by Crippen LogP contribution is -2.41. The molecule has 2 N–H and O–H groups in total. The fourth-order valence-electron chi connectivity index (χ4n) is 2.88. The summed E-state index contributed by atoms with van der Waals surface area (Å²) < 4.78 is 39.9. The Morgan fingerprint density at radius 1 is 1.11 bits per heavy atom. The van der Waals surface area contributed by atoms with E-state index in [0.29, 0.717) is 5.56 Å². The molecule has 5 nitrogen and oxygen atoms in total. The molecule has 1 amide bonds. The average molecular weight is 389 g/mol. The number of hydrogen-bond acceptors (Lipinski definition) is 3. The number of rotatable bonds is 6.